The minimum absolute atomic E-state index is 0.0933. The van der Waals surface area contributed by atoms with Crippen molar-refractivity contribution in [3.05, 3.63) is 23.2 Å². The first-order chi connectivity index (χ1) is 9.63. The summed E-state index contributed by atoms with van der Waals surface area (Å²) in [4.78, 5) is 2.20. The van der Waals surface area contributed by atoms with Crippen molar-refractivity contribution in [2.45, 2.75) is 19.3 Å². The molecule has 3 rings (SSSR count). The summed E-state index contributed by atoms with van der Waals surface area (Å²) in [6, 6.07) is 0. The van der Waals surface area contributed by atoms with Crippen molar-refractivity contribution in [1.82, 2.24) is 10.2 Å². The Kier molecular flexibility index (Phi) is 3.54. The van der Waals surface area contributed by atoms with Crippen LogP contribution in [-0.2, 0) is 0 Å². The first-order valence-corrected chi connectivity index (χ1v) is 7.57. The number of piperidine rings is 1. The predicted octanol–water partition coefficient (Wildman–Crippen LogP) is 0.762. The van der Waals surface area contributed by atoms with E-state index in [1.807, 2.05) is 0 Å². The molecule has 106 valence electrons. The maximum atomic E-state index is 8.48. The zero-order valence-electron chi connectivity index (χ0n) is 12.2. The summed E-state index contributed by atoms with van der Waals surface area (Å²) in [5.74, 6) is 0.742. The van der Waals surface area contributed by atoms with E-state index in [4.69, 9.17) is 10.8 Å². The van der Waals surface area contributed by atoms with Gasteiger partial charge in [-0.3, -0.25) is 5.41 Å². The van der Waals surface area contributed by atoms with E-state index in [-0.39, 0.29) is 5.92 Å². The van der Waals surface area contributed by atoms with E-state index in [2.05, 4.69) is 30.2 Å². The molecule has 2 fully saturated rings. The Morgan fingerprint density at radius 3 is 2.75 bits per heavy atom. The van der Waals surface area contributed by atoms with E-state index in [0.29, 0.717) is 11.3 Å². The number of amidine groups is 1. The smallest absolute Gasteiger partial charge is 0.138 e. The molecule has 0 saturated carbocycles. The quantitative estimate of drug-likeness (QED) is 0.394. The maximum Gasteiger partial charge on any atom is 0.138 e. The molecular formula is C15H23BN4. The molecule has 20 heavy (non-hydrogen) atoms. The summed E-state index contributed by atoms with van der Waals surface area (Å²) in [7, 11) is 2.08. The van der Waals surface area contributed by atoms with Gasteiger partial charge < -0.3 is 15.6 Å². The molecular weight excluding hydrogens is 247 g/mol. The first kappa shape index (κ1) is 13.6. The van der Waals surface area contributed by atoms with E-state index in [9.17, 15) is 0 Å². The largest absolute Gasteiger partial charge is 0.356 e. The average molecular weight is 270 g/mol. The minimum Gasteiger partial charge on any atom is -0.356 e. The SMILES string of the molecule is BC1=CCC(C=N)C(C(=N)N2CC3(CCNCC3)C2)=C1. The van der Waals surface area contributed by atoms with Crippen LogP contribution in [0.2, 0.25) is 0 Å². The zero-order chi connectivity index (χ0) is 14.2. The van der Waals surface area contributed by atoms with Crippen LogP contribution in [0.1, 0.15) is 19.3 Å². The highest BCUT2D eigenvalue weighted by Gasteiger charge is 2.45. The predicted molar refractivity (Wildman–Crippen MR) is 85.4 cm³/mol. The lowest BCUT2D eigenvalue weighted by Gasteiger charge is -2.54. The molecule has 5 heteroatoms. The van der Waals surface area contributed by atoms with E-state index in [1.54, 1.807) is 0 Å². The highest BCUT2D eigenvalue weighted by Crippen LogP contribution is 2.40. The highest BCUT2D eigenvalue weighted by molar-refractivity contribution is 6.24. The molecule has 1 unspecified atom stereocenters. The van der Waals surface area contributed by atoms with Gasteiger partial charge in [0.2, 0.25) is 0 Å². The number of hydrogen-bond donors (Lipinski definition) is 3. The summed E-state index contributed by atoms with van der Waals surface area (Å²) in [6.07, 6.45) is 9.09. The molecule has 0 bridgehead atoms. The van der Waals surface area contributed by atoms with Gasteiger partial charge in [-0.05, 0) is 32.4 Å². The second kappa shape index (κ2) is 5.21. The minimum atomic E-state index is 0.0933. The van der Waals surface area contributed by atoms with Gasteiger partial charge >= 0.3 is 0 Å². The Morgan fingerprint density at radius 2 is 2.10 bits per heavy atom. The molecule has 1 spiro atoms. The topological polar surface area (TPSA) is 63.0 Å². The van der Waals surface area contributed by atoms with E-state index >= 15 is 0 Å². The summed E-state index contributed by atoms with van der Waals surface area (Å²) in [5, 5.41) is 19.5. The van der Waals surface area contributed by atoms with Gasteiger partial charge in [0.05, 0.1) is 0 Å². The molecule has 2 aliphatic heterocycles. The van der Waals surface area contributed by atoms with Gasteiger partial charge in [0.25, 0.3) is 0 Å². The van der Waals surface area contributed by atoms with Crippen LogP contribution in [0.4, 0.5) is 0 Å². The lowest BCUT2D eigenvalue weighted by Crippen LogP contribution is -2.61. The van der Waals surface area contributed by atoms with E-state index in [0.717, 1.165) is 38.2 Å². The van der Waals surface area contributed by atoms with Gasteiger partial charge in [-0.1, -0.05) is 17.6 Å². The Morgan fingerprint density at radius 1 is 1.40 bits per heavy atom. The molecule has 3 aliphatic rings. The molecule has 2 saturated heterocycles. The number of nitrogens with zero attached hydrogens (tertiary/aromatic N) is 1. The van der Waals surface area contributed by atoms with Crippen LogP contribution in [-0.4, -0.2) is 51.0 Å². The third kappa shape index (κ3) is 2.35. The van der Waals surface area contributed by atoms with Gasteiger partial charge in [-0.2, -0.15) is 0 Å². The Labute approximate surface area is 121 Å². The molecule has 1 aliphatic carbocycles. The number of hydrogen-bond acceptors (Lipinski definition) is 3. The van der Waals surface area contributed by atoms with Crippen molar-refractivity contribution in [2.75, 3.05) is 26.2 Å². The number of rotatable bonds is 2. The summed E-state index contributed by atoms with van der Waals surface area (Å²) in [5.41, 5.74) is 2.71. The fraction of sp³-hybridized carbons (Fsp3) is 0.600. The number of allylic oxidation sites excluding steroid dienone is 3. The van der Waals surface area contributed by atoms with Crippen LogP contribution in [0.3, 0.4) is 0 Å². The fourth-order valence-electron chi connectivity index (χ4n) is 3.63. The second-order valence-corrected chi connectivity index (χ2v) is 6.51. The van der Waals surface area contributed by atoms with Crippen molar-refractivity contribution in [3.8, 4) is 0 Å². The molecule has 3 N–H and O–H groups in total. The third-order valence-corrected chi connectivity index (χ3v) is 4.98. The Bertz CT molecular complexity index is 480. The van der Waals surface area contributed by atoms with Crippen molar-refractivity contribution < 1.29 is 0 Å². The molecule has 2 heterocycles. The van der Waals surface area contributed by atoms with Crippen molar-refractivity contribution in [1.29, 1.82) is 10.8 Å². The summed E-state index contributed by atoms with van der Waals surface area (Å²) < 4.78 is 0. The van der Waals surface area contributed by atoms with Gasteiger partial charge in [-0.15, -0.1) is 0 Å². The van der Waals surface area contributed by atoms with Crippen molar-refractivity contribution in [2.24, 2.45) is 11.3 Å². The standard InChI is InChI=1S/C15H23BN4/c16-12-2-1-11(8-17)13(7-12)14(18)20-9-15(10-20)3-5-19-6-4-15/h2,7-8,11,17-19H,1,3-6,9-10,16H2. The van der Waals surface area contributed by atoms with Crippen molar-refractivity contribution >= 4 is 19.9 Å². The van der Waals surface area contributed by atoms with Gasteiger partial charge in [0, 0.05) is 36.2 Å². The molecule has 0 radical (unpaired) electrons. The number of likely N-dealkylation sites (tertiary alicyclic amines) is 1. The van der Waals surface area contributed by atoms with Gasteiger partial charge in [-0.25, -0.2) is 0 Å². The van der Waals surface area contributed by atoms with Crippen LogP contribution in [0.5, 0.6) is 0 Å². The molecule has 0 aromatic carbocycles. The Hall–Kier alpha value is -1.36. The molecule has 1 atom stereocenters. The van der Waals surface area contributed by atoms with Crippen LogP contribution < -0.4 is 5.32 Å². The highest BCUT2D eigenvalue weighted by atomic mass is 15.2. The first-order valence-electron chi connectivity index (χ1n) is 7.57. The lowest BCUT2D eigenvalue weighted by atomic mass is 9.71. The average Bonchev–Trinajstić information content (AvgIpc) is 2.44. The van der Waals surface area contributed by atoms with Crippen LogP contribution >= 0.6 is 0 Å². The summed E-state index contributed by atoms with van der Waals surface area (Å²) >= 11 is 0. The van der Waals surface area contributed by atoms with Crippen molar-refractivity contribution in [3.63, 3.8) is 0 Å². The zero-order valence-corrected chi connectivity index (χ0v) is 12.2. The molecule has 4 nitrogen and oxygen atoms in total. The fourth-order valence-corrected chi connectivity index (χ4v) is 3.63. The molecule has 0 aromatic heterocycles. The second-order valence-electron chi connectivity index (χ2n) is 6.51. The van der Waals surface area contributed by atoms with E-state index < -0.39 is 0 Å². The lowest BCUT2D eigenvalue weighted by molar-refractivity contribution is 0.0269. The van der Waals surface area contributed by atoms with E-state index in [1.165, 1.54) is 24.5 Å². The maximum absolute atomic E-state index is 8.48. The third-order valence-electron chi connectivity index (χ3n) is 4.98. The molecule has 0 aromatic rings. The van der Waals surface area contributed by atoms with Crippen LogP contribution in [0, 0.1) is 22.2 Å². The number of nitrogens with one attached hydrogen (secondary N) is 3. The molecule has 0 amide bonds. The van der Waals surface area contributed by atoms with Gasteiger partial charge in [0.1, 0.15) is 13.7 Å². The Balaban J connectivity index is 1.68. The monoisotopic (exact) mass is 270 g/mol. The van der Waals surface area contributed by atoms with Crippen LogP contribution in [0.15, 0.2) is 23.2 Å². The van der Waals surface area contributed by atoms with Crippen LogP contribution in [0.25, 0.3) is 0 Å². The summed E-state index contributed by atoms with van der Waals surface area (Å²) in [6.45, 7) is 4.29. The van der Waals surface area contributed by atoms with Gasteiger partial charge in [0.15, 0.2) is 0 Å². The normalized spacial score (nSPS) is 28.4.